The van der Waals surface area contributed by atoms with Crippen LogP contribution >= 0.6 is 15.9 Å². The molecule has 1 heterocycles. The summed E-state index contributed by atoms with van der Waals surface area (Å²) >= 11 is 3.33. The van der Waals surface area contributed by atoms with Crippen LogP contribution < -0.4 is 0 Å². The highest BCUT2D eigenvalue weighted by molar-refractivity contribution is 9.10. The molecule has 0 aromatic heterocycles. The van der Waals surface area contributed by atoms with Crippen molar-refractivity contribution < 1.29 is 13.2 Å². The van der Waals surface area contributed by atoms with Crippen LogP contribution in [-0.2, 0) is 9.84 Å². The third kappa shape index (κ3) is 2.84. The molecule has 0 N–H and O–H groups in total. The van der Waals surface area contributed by atoms with Crippen molar-refractivity contribution in [2.75, 3.05) is 12.3 Å². The van der Waals surface area contributed by atoms with Crippen molar-refractivity contribution >= 4 is 31.7 Å². The van der Waals surface area contributed by atoms with Gasteiger partial charge in [-0.15, -0.1) is 0 Å². The summed E-state index contributed by atoms with van der Waals surface area (Å²) in [5.41, 5.74) is 0.577. The molecule has 1 fully saturated rings. The second kappa shape index (κ2) is 5.25. The van der Waals surface area contributed by atoms with Gasteiger partial charge in [0.1, 0.15) is 0 Å². The number of hydrogen-bond acceptors (Lipinski definition) is 3. The van der Waals surface area contributed by atoms with E-state index in [1.165, 1.54) is 0 Å². The molecule has 1 amide bonds. The Labute approximate surface area is 121 Å². The molecule has 0 aliphatic carbocycles. The van der Waals surface area contributed by atoms with E-state index in [2.05, 4.69) is 15.9 Å². The fourth-order valence-electron chi connectivity index (χ4n) is 2.24. The van der Waals surface area contributed by atoms with E-state index in [4.69, 9.17) is 0 Å². The highest BCUT2D eigenvalue weighted by Crippen LogP contribution is 2.22. The first kappa shape index (κ1) is 14.5. The summed E-state index contributed by atoms with van der Waals surface area (Å²) in [5.74, 6) is -0.0753. The molecule has 1 aromatic carbocycles. The maximum Gasteiger partial charge on any atom is 0.254 e. The lowest BCUT2D eigenvalue weighted by molar-refractivity contribution is 0.0693. The monoisotopic (exact) mass is 345 g/mol. The topological polar surface area (TPSA) is 54.5 Å². The average Bonchev–Trinajstić information content (AvgIpc) is 2.36. The van der Waals surface area contributed by atoms with Crippen molar-refractivity contribution in [3.63, 3.8) is 0 Å². The van der Waals surface area contributed by atoms with E-state index in [-0.39, 0.29) is 24.2 Å². The smallest absolute Gasteiger partial charge is 0.254 e. The summed E-state index contributed by atoms with van der Waals surface area (Å²) < 4.78 is 24.4. The lowest BCUT2D eigenvalue weighted by Gasteiger charge is -2.37. The van der Waals surface area contributed by atoms with Gasteiger partial charge in [-0.05, 0) is 32.0 Å². The Balaban J connectivity index is 2.26. The zero-order valence-corrected chi connectivity index (χ0v) is 13.2. The second-order valence-electron chi connectivity index (χ2n) is 4.82. The van der Waals surface area contributed by atoms with Gasteiger partial charge >= 0.3 is 0 Å². The first-order chi connectivity index (χ1) is 8.83. The minimum absolute atomic E-state index is 0.0399. The third-order valence-corrected chi connectivity index (χ3v) is 6.46. The lowest BCUT2D eigenvalue weighted by Crippen LogP contribution is -2.54. The summed E-state index contributed by atoms with van der Waals surface area (Å²) in [4.78, 5) is 14.1. The molecule has 1 aliphatic heterocycles. The van der Waals surface area contributed by atoms with Crippen LogP contribution in [0.2, 0.25) is 0 Å². The SMILES string of the molecule is C[C@@H]1[C@H](C)N(C(=O)c2cccc(Br)c2)CCS1(=O)=O. The third-order valence-electron chi connectivity index (χ3n) is 3.69. The van der Waals surface area contributed by atoms with Crippen molar-refractivity contribution in [1.29, 1.82) is 0 Å². The van der Waals surface area contributed by atoms with Gasteiger partial charge in [-0.3, -0.25) is 4.79 Å². The predicted octanol–water partition coefficient (Wildman–Crippen LogP) is 2.10. The van der Waals surface area contributed by atoms with Crippen LogP contribution in [0.25, 0.3) is 0 Å². The van der Waals surface area contributed by atoms with E-state index in [1.807, 2.05) is 6.07 Å². The summed E-state index contributed by atoms with van der Waals surface area (Å²) in [6, 6.07) is 6.84. The Kier molecular flexibility index (Phi) is 4.01. The minimum Gasteiger partial charge on any atom is -0.334 e. The molecule has 0 saturated carbocycles. The summed E-state index contributed by atoms with van der Waals surface area (Å²) in [7, 11) is -3.07. The summed E-state index contributed by atoms with van der Waals surface area (Å²) in [5, 5.41) is -0.516. The van der Waals surface area contributed by atoms with Crippen molar-refractivity contribution in [2.24, 2.45) is 0 Å². The molecule has 0 spiro atoms. The van der Waals surface area contributed by atoms with Crippen LogP contribution in [0.1, 0.15) is 24.2 Å². The minimum atomic E-state index is -3.07. The molecule has 1 aliphatic rings. The molecule has 104 valence electrons. The molecule has 0 bridgehead atoms. The highest BCUT2D eigenvalue weighted by Gasteiger charge is 2.38. The molecule has 4 nitrogen and oxygen atoms in total. The van der Waals surface area contributed by atoms with E-state index in [9.17, 15) is 13.2 Å². The molecule has 0 unspecified atom stereocenters. The van der Waals surface area contributed by atoms with Crippen molar-refractivity contribution in [3.8, 4) is 0 Å². The van der Waals surface area contributed by atoms with Crippen LogP contribution in [-0.4, -0.2) is 42.8 Å². The van der Waals surface area contributed by atoms with Crippen LogP contribution in [0, 0.1) is 0 Å². The molecular weight excluding hydrogens is 330 g/mol. The molecule has 6 heteroatoms. The molecular formula is C13H16BrNO3S. The number of hydrogen-bond donors (Lipinski definition) is 0. The standard InChI is InChI=1S/C13H16BrNO3S/c1-9-10(2)19(17,18)7-6-15(9)13(16)11-4-3-5-12(14)8-11/h3-5,8-10H,6-7H2,1-2H3/t9-,10+/m0/s1. The number of benzene rings is 1. The van der Waals surface area contributed by atoms with Crippen LogP contribution in [0.5, 0.6) is 0 Å². The number of nitrogens with zero attached hydrogens (tertiary/aromatic N) is 1. The fraction of sp³-hybridized carbons (Fsp3) is 0.462. The van der Waals surface area contributed by atoms with Gasteiger partial charge in [0.15, 0.2) is 9.84 Å². The fourth-order valence-corrected chi connectivity index (χ4v) is 4.21. The maximum absolute atomic E-state index is 12.4. The number of sulfone groups is 1. The summed E-state index contributed by atoms with van der Waals surface area (Å²) in [6.07, 6.45) is 0. The Morgan fingerprint density at radius 2 is 2.05 bits per heavy atom. The molecule has 19 heavy (non-hydrogen) atoms. The first-order valence-corrected chi connectivity index (χ1v) is 8.62. The Morgan fingerprint density at radius 3 is 2.68 bits per heavy atom. The van der Waals surface area contributed by atoms with Gasteiger partial charge in [0.2, 0.25) is 0 Å². The van der Waals surface area contributed by atoms with Crippen LogP contribution in [0.3, 0.4) is 0 Å². The Morgan fingerprint density at radius 1 is 1.37 bits per heavy atom. The number of amides is 1. The Bertz CT molecular complexity index is 600. The van der Waals surface area contributed by atoms with Crippen LogP contribution in [0.4, 0.5) is 0 Å². The van der Waals surface area contributed by atoms with Gasteiger partial charge in [-0.1, -0.05) is 22.0 Å². The van der Waals surface area contributed by atoms with Gasteiger partial charge in [0.25, 0.3) is 5.91 Å². The van der Waals surface area contributed by atoms with Crippen molar-refractivity contribution in [1.82, 2.24) is 4.90 Å². The molecule has 0 radical (unpaired) electrons. The summed E-state index contributed by atoms with van der Waals surface area (Å²) in [6.45, 7) is 3.72. The van der Waals surface area contributed by atoms with E-state index in [1.54, 1.807) is 36.9 Å². The average molecular weight is 346 g/mol. The number of carbonyl (C=O) groups is 1. The highest BCUT2D eigenvalue weighted by atomic mass is 79.9. The molecule has 1 aromatic rings. The van der Waals surface area contributed by atoms with Gasteiger partial charge < -0.3 is 4.90 Å². The molecule has 2 atom stereocenters. The Hall–Kier alpha value is -0.880. The number of rotatable bonds is 1. The van der Waals surface area contributed by atoms with E-state index in [0.29, 0.717) is 5.56 Å². The van der Waals surface area contributed by atoms with Crippen molar-refractivity contribution in [3.05, 3.63) is 34.3 Å². The van der Waals surface area contributed by atoms with Gasteiger partial charge in [0, 0.05) is 22.6 Å². The van der Waals surface area contributed by atoms with Gasteiger partial charge in [0.05, 0.1) is 11.0 Å². The number of carbonyl (C=O) groups excluding carboxylic acids is 1. The van der Waals surface area contributed by atoms with E-state index >= 15 is 0 Å². The normalized spacial score (nSPS) is 26.2. The van der Waals surface area contributed by atoms with Crippen LogP contribution in [0.15, 0.2) is 28.7 Å². The molecule has 1 saturated heterocycles. The van der Waals surface area contributed by atoms with E-state index in [0.717, 1.165) is 4.47 Å². The zero-order valence-electron chi connectivity index (χ0n) is 10.8. The quantitative estimate of drug-likeness (QED) is 0.783. The lowest BCUT2D eigenvalue weighted by atomic mass is 10.1. The predicted molar refractivity (Wildman–Crippen MR) is 77.9 cm³/mol. The second-order valence-corrected chi connectivity index (χ2v) is 8.21. The van der Waals surface area contributed by atoms with Gasteiger partial charge in [-0.2, -0.15) is 0 Å². The largest absolute Gasteiger partial charge is 0.334 e. The first-order valence-electron chi connectivity index (χ1n) is 6.11. The zero-order chi connectivity index (χ0) is 14.2. The molecule has 2 rings (SSSR count). The number of halogens is 1. The van der Waals surface area contributed by atoms with E-state index < -0.39 is 15.1 Å². The van der Waals surface area contributed by atoms with Gasteiger partial charge in [-0.25, -0.2) is 8.42 Å². The maximum atomic E-state index is 12.4. The van der Waals surface area contributed by atoms with Crippen molar-refractivity contribution in [2.45, 2.75) is 25.1 Å².